The highest BCUT2D eigenvalue weighted by Crippen LogP contribution is 2.40. The molecule has 0 spiro atoms. The molecule has 16 heteroatoms. The third-order valence-corrected chi connectivity index (χ3v) is 9.88. The summed E-state index contributed by atoms with van der Waals surface area (Å²) in [5, 5.41) is 0.801. The monoisotopic (exact) mass is 674 g/mol. The molecule has 2 aromatic heterocycles. The van der Waals surface area contributed by atoms with E-state index in [0.717, 1.165) is 0 Å². The van der Waals surface area contributed by atoms with Crippen molar-refractivity contribution < 1.29 is 25.9 Å². The van der Waals surface area contributed by atoms with Crippen LogP contribution in [0.5, 0.6) is 0 Å². The first kappa shape index (κ1) is 28.3. The standard InChI is InChI=1S/C32H18N8O6S2/c41-47(42,43)15-9-11-21-23(13-15)32-38-29(21)36-27-18-6-2-1-5-17(18)25(34-27)33-26-19-7-3-4-8-20(19)28(35-26)37-31-24-14-16(48(44,45)46)10-12-22(24)30(39-31)40-32/h1-14H,(H,41,42,43)(H,44,45,46)(H2,33,34,35,36,37,38,39,40). The summed E-state index contributed by atoms with van der Waals surface area (Å²) in [6, 6.07) is 22.9. The van der Waals surface area contributed by atoms with E-state index in [4.69, 9.17) is 29.9 Å². The second-order valence-corrected chi connectivity index (χ2v) is 13.9. The average molecular weight is 675 g/mol. The topological polar surface area (TPSA) is 218 Å². The van der Waals surface area contributed by atoms with E-state index in [1.165, 1.54) is 36.4 Å². The van der Waals surface area contributed by atoms with E-state index in [-0.39, 0.29) is 27.1 Å². The number of H-pyrrole nitrogens is 2. The third kappa shape index (κ3) is 4.39. The Kier molecular flexibility index (Phi) is 5.77. The van der Waals surface area contributed by atoms with Gasteiger partial charge in [0, 0.05) is 44.2 Å². The number of nitrogens with one attached hydrogen (secondary N) is 2. The molecule has 48 heavy (non-hydrogen) atoms. The van der Waals surface area contributed by atoms with Gasteiger partial charge >= 0.3 is 0 Å². The fourth-order valence-electron chi connectivity index (χ4n) is 5.97. The van der Waals surface area contributed by atoms with E-state index < -0.39 is 20.2 Å². The van der Waals surface area contributed by atoms with Crippen molar-refractivity contribution in [2.45, 2.75) is 9.79 Å². The number of hydrogen-bond donors (Lipinski definition) is 4. The Bertz CT molecular complexity index is 2870. The Morgan fingerprint density at radius 2 is 0.917 bits per heavy atom. The fraction of sp³-hybridized carbons (Fsp3) is 0. The molecule has 0 saturated heterocycles. The minimum atomic E-state index is -4.57. The van der Waals surface area contributed by atoms with E-state index >= 15 is 0 Å². The molecule has 8 bridgehead atoms. The number of nitrogens with zero attached hydrogens (tertiary/aromatic N) is 6. The highest BCUT2D eigenvalue weighted by atomic mass is 32.2. The van der Waals surface area contributed by atoms with Crippen LogP contribution in [-0.2, 0) is 20.2 Å². The van der Waals surface area contributed by atoms with Crippen LogP contribution in [0.4, 0.5) is 0 Å². The highest BCUT2D eigenvalue weighted by Gasteiger charge is 2.26. The van der Waals surface area contributed by atoms with Gasteiger partial charge < -0.3 is 9.97 Å². The molecule has 9 rings (SSSR count). The zero-order valence-corrected chi connectivity index (χ0v) is 25.7. The molecule has 0 unspecified atom stereocenters. The lowest BCUT2D eigenvalue weighted by Crippen LogP contribution is -1.98. The summed E-state index contributed by atoms with van der Waals surface area (Å²) in [5.74, 6) is 1.73. The number of fused-ring (bicyclic) bond motifs is 20. The molecule has 4 aromatic carbocycles. The van der Waals surface area contributed by atoms with Crippen LogP contribution < -0.4 is 0 Å². The summed E-state index contributed by atoms with van der Waals surface area (Å²) in [7, 11) is -9.14. The summed E-state index contributed by atoms with van der Waals surface area (Å²) < 4.78 is 68.1. The SMILES string of the molecule is O=S(=O)(O)c1ccc2c(c1)-c1nc-2nc2nc(nc3nc(nc4[nH]c([nH]1)c1ccc(S(=O)(=O)O)cc41)-c1ccccc1-3)-c1ccccc1-2. The quantitative estimate of drug-likeness (QED) is 0.173. The van der Waals surface area contributed by atoms with Crippen LogP contribution in [0.1, 0.15) is 0 Å². The number of aromatic nitrogens is 8. The second-order valence-electron chi connectivity index (χ2n) is 11.1. The van der Waals surface area contributed by atoms with Gasteiger partial charge in [0.15, 0.2) is 29.1 Å². The van der Waals surface area contributed by atoms with Crippen LogP contribution in [0.2, 0.25) is 0 Å². The Morgan fingerprint density at radius 3 is 1.46 bits per heavy atom. The van der Waals surface area contributed by atoms with Gasteiger partial charge in [0.25, 0.3) is 20.2 Å². The number of benzene rings is 4. The van der Waals surface area contributed by atoms with Gasteiger partial charge in [0.2, 0.25) is 0 Å². The maximum atomic E-state index is 12.1. The van der Waals surface area contributed by atoms with Gasteiger partial charge in [-0.15, -0.1) is 0 Å². The Hall–Kier alpha value is -5.94. The smallest absolute Gasteiger partial charge is 0.294 e. The molecule has 3 aliphatic heterocycles. The van der Waals surface area contributed by atoms with Crippen molar-refractivity contribution in [2.24, 2.45) is 0 Å². The van der Waals surface area contributed by atoms with Crippen molar-refractivity contribution in [3.8, 4) is 68.3 Å². The maximum Gasteiger partial charge on any atom is 0.294 e. The van der Waals surface area contributed by atoms with Crippen molar-refractivity contribution in [1.82, 2.24) is 39.9 Å². The molecule has 0 aliphatic carbocycles. The van der Waals surface area contributed by atoms with Gasteiger partial charge in [-0.25, -0.2) is 29.9 Å². The molecular formula is C32H18N8O6S2. The van der Waals surface area contributed by atoms with Crippen LogP contribution >= 0.6 is 0 Å². The number of aromatic amines is 2. The molecule has 4 N–H and O–H groups in total. The molecule has 0 fully saturated rings. The van der Waals surface area contributed by atoms with Crippen LogP contribution in [0, 0.1) is 0 Å². The predicted octanol–water partition coefficient (Wildman–Crippen LogP) is 5.27. The maximum absolute atomic E-state index is 12.1. The minimum absolute atomic E-state index is 0.176. The van der Waals surface area contributed by atoms with Crippen molar-refractivity contribution >= 4 is 42.3 Å². The molecule has 234 valence electrons. The average Bonchev–Trinajstić information content (AvgIpc) is 3.79. The molecule has 0 atom stereocenters. The van der Waals surface area contributed by atoms with Crippen LogP contribution in [0.15, 0.2) is 94.7 Å². The van der Waals surface area contributed by atoms with Crippen molar-refractivity contribution in [3.63, 3.8) is 0 Å². The van der Waals surface area contributed by atoms with Gasteiger partial charge in [0.05, 0.1) is 9.79 Å². The van der Waals surface area contributed by atoms with Gasteiger partial charge in [-0.3, -0.25) is 9.11 Å². The molecule has 0 saturated carbocycles. The van der Waals surface area contributed by atoms with Gasteiger partial charge in [-0.2, -0.15) is 16.8 Å². The summed E-state index contributed by atoms with van der Waals surface area (Å²) >= 11 is 0. The molecule has 6 aromatic rings. The number of hydrogen-bond acceptors (Lipinski definition) is 10. The Morgan fingerprint density at radius 1 is 0.458 bits per heavy atom. The predicted molar refractivity (Wildman–Crippen MR) is 174 cm³/mol. The van der Waals surface area contributed by atoms with Crippen molar-refractivity contribution in [2.75, 3.05) is 0 Å². The van der Waals surface area contributed by atoms with E-state index in [2.05, 4.69) is 9.97 Å². The first-order valence-corrected chi connectivity index (χ1v) is 17.1. The Balaban J connectivity index is 1.47. The van der Waals surface area contributed by atoms with Crippen molar-refractivity contribution in [1.29, 1.82) is 0 Å². The normalized spacial score (nSPS) is 12.7. The summed E-state index contributed by atoms with van der Waals surface area (Å²) in [6.07, 6.45) is 0. The van der Waals surface area contributed by atoms with Crippen molar-refractivity contribution in [3.05, 3.63) is 84.9 Å². The van der Waals surface area contributed by atoms with Gasteiger partial charge in [-0.1, -0.05) is 48.5 Å². The van der Waals surface area contributed by atoms with E-state index in [9.17, 15) is 25.9 Å². The lowest BCUT2D eigenvalue weighted by atomic mass is 10.1. The molecule has 14 nitrogen and oxygen atoms in total. The first-order chi connectivity index (χ1) is 23.0. The third-order valence-electron chi connectivity index (χ3n) is 8.19. The van der Waals surface area contributed by atoms with Crippen LogP contribution in [0.3, 0.4) is 0 Å². The fourth-order valence-corrected chi connectivity index (χ4v) is 6.99. The minimum Gasteiger partial charge on any atom is -0.325 e. The van der Waals surface area contributed by atoms with Gasteiger partial charge in [0.1, 0.15) is 17.1 Å². The van der Waals surface area contributed by atoms with Crippen LogP contribution in [-0.4, -0.2) is 65.8 Å². The lowest BCUT2D eigenvalue weighted by Gasteiger charge is -2.02. The second kappa shape index (κ2) is 9.79. The zero-order chi connectivity index (χ0) is 32.9. The largest absolute Gasteiger partial charge is 0.325 e. The highest BCUT2D eigenvalue weighted by molar-refractivity contribution is 7.86. The zero-order valence-electron chi connectivity index (χ0n) is 24.1. The lowest BCUT2D eigenvalue weighted by molar-refractivity contribution is 0.481. The first-order valence-electron chi connectivity index (χ1n) is 14.3. The molecule has 0 amide bonds. The molecule has 3 aliphatic rings. The van der Waals surface area contributed by atoms with Crippen LogP contribution in [0.25, 0.3) is 90.4 Å². The molecule has 5 heterocycles. The molecule has 0 radical (unpaired) electrons. The molecular weight excluding hydrogens is 657 g/mol. The number of rotatable bonds is 2. The Labute approximate surface area is 270 Å². The van der Waals surface area contributed by atoms with Gasteiger partial charge in [-0.05, 0) is 36.4 Å². The van der Waals surface area contributed by atoms with E-state index in [0.29, 0.717) is 73.1 Å². The summed E-state index contributed by atoms with van der Waals surface area (Å²) in [6.45, 7) is 0. The summed E-state index contributed by atoms with van der Waals surface area (Å²) in [5.41, 5.74) is 4.11. The van der Waals surface area contributed by atoms with E-state index in [1.54, 1.807) is 0 Å². The van der Waals surface area contributed by atoms with E-state index in [1.807, 2.05) is 48.5 Å². The summed E-state index contributed by atoms with van der Waals surface area (Å²) in [4.78, 5) is 34.3.